The summed E-state index contributed by atoms with van der Waals surface area (Å²) in [6, 6.07) is 0.839. The molecule has 0 aliphatic carbocycles. The van der Waals surface area contributed by atoms with Crippen molar-refractivity contribution in [3.63, 3.8) is 0 Å². The Morgan fingerprint density at radius 3 is 2.62 bits per heavy atom. The van der Waals surface area contributed by atoms with E-state index in [0.717, 1.165) is 6.07 Å². The van der Waals surface area contributed by atoms with Crippen LogP contribution in [0.3, 0.4) is 0 Å². The second-order valence-corrected chi connectivity index (χ2v) is 2.89. The third kappa shape index (κ3) is 2.12. The van der Waals surface area contributed by atoms with Crippen LogP contribution in [0.15, 0.2) is 6.07 Å². The number of anilines is 1. The molecule has 0 aliphatic heterocycles. The molecule has 13 heavy (non-hydrogen) atoms. The summed E-state index contributed by atoms with van der Waals surface area (Å²) in [5.74, 6) is -1.10. The standard InChI is InChI=1S/C7H6BrF3N2/c8-2-4-6(9)3(7(10)11)1-5(12)13-4/h1,7H,2H2,(H2,12,13). The van der Waals surface area contributed by atoms with Crippen molar-refractivity contribution in [2.75, 3.05) is 5.73 Å². The summed E-state index contributed by atoms with van der Waals surface area (Å²) in [4.78, 5) is 3.56. The van der Waals surface area contributed by atoms with Gasteiger partial charge in [-0.2, -0.15) is 0 Å². The lowest BCUT2D eigenvalue weighted by atomic mass is 10.2. The first kappa shape index (κ1) is 10.3. The van der Waals surface area contributed by atoms with Gasteiger partial charge in [0.2, 0.25) is 0 Å². The minimum atomic E-state index is -2.87. The van der Waals surface area contributed by atoms with Crippen LogP contribution in [-0.2, 0) is 5.33 Å². The van der Waals surface area contributed by atoms with Gasteiger partial charge in [0.05, 0.1) is 11.3 Å². The molecule has 0 unspecified atom stereocenters. The van der Waals surface area contributed by atoms with Crippen molar-refractivity contribution in [2.24, 2.45) is 0 Å². The molecule has 1 aromatic heterocycles. The Balaban J connectivity index is 3.27. The summed E-state index contributed by atoms with van der Waals surface area (Å²) in [7, 11) is 0. The molecular formula is C7H6BrF3N2. The second-order valence-electron chi connectivity index (χ2n) is 2.33. The maximum absolute atomic E-state index is 13.1. The van der Waals surface area contributed by atoms with Crippen molar-refractivity contribution < 1.29 is 13.2 Å². The van der Waals surface area contributed by atoms with E-state index >= 15 is 0 Å². The van der Waals surface area contributed by atoms with Gasteiger partial charge < -0.3 is 5.73 Å². The summed E-state index contributed by atoms with van der Waals surface area (Å²) >= 11 is 2.92. The van der Waals surface area contributed by atoms with Crippen LogP contribution in [0.25, 0.3) is 0 Å². The molecule has 0 radical (unpaired) electrons. The van der Waals surface area contributed by atoms with Crippen LogP contribution in [0.4, 0.5) is 19.0 Å². The average Bonchev–Trinajstić information content (AvgIpc) is 2.08. The number of halogens is 4. The lowest BCUT2D eigenvalue weighted by Crippen LogP contribution is -2.03. The highest BCUT2D eigenvalue weighted by molar-refractivity contribution is 9.08. The predicted octanol–water partition coefficient (Wildman–Crippen LogP) is 2.64. The van der Waals surface area contributed by atoms with E-state index in [9.17, 15) is 13.2 Å². The van der Waals surface area contributed by atoms with Crippen LogP contribution in [0.1, 0.15) is 17.7 Å². The van der Waals surface area contributed by atoms with Gasteiger partial charge in [0.25, 0.3) is 6.43 Å². The molecule has 0 amide bonds. The third-order valence-corrected chi connectivity index (χ3v) is 1.97. The van der Waals surface area contributed by atoms with Crippen molar-refractivity contribution in [1.82, 2.24) is 4.98 Å². The van der Waals surface area contributed by atoms with Gasteiger partial charge in [-0.25, -0.2) is 18.2 Å². The lowest BCUT2D eigenvalue weighted by molar-refractivity contribution is 0.146. The summed E-state index contributed by atoms with van der Waals surface area (Å²) in [5.41, 5.74) is 4.40. The first-order valence-corrected chi connectivity index (χ1v) is 4.47. The lowest BCUT2D eigenvalue weighted by Gasteiger charge is -2.06. The van der Waals surface area contributed by atoms with E-state index in [0.29, 0.717) is 0 Å². The number of aromatic nitrogens is 1. The van der Waals surface area contributed by atoms with E-state index in [1.54, 1.807) is 0 Å². The monoisotopic (exact) mass is 254 g/mol. The average molecular weight is 255 g/mol. The van der Waals surface area contributed by atoms with Crippen molar-refractivity contribution in [2.45, 2.75) is 11.8 Å². The Bertz CT molecular complexity index is 317. The molecule has 1 heterocycles. The van der Waals surface area contributed by atoms with Gasteiger partial charge in [0, 0.05) is 5.33 Å². The zero-order valence-electron chi connectivity index (χ0n) is 6.40. The molecule has 1 rings (SSSR count). The van der Waals surface area contributed by atoms with Crippen molar-refractivity contribution in [3.05, 3.63) is 23.1 Å². The molecule has 2 N–H and O–H groups in total. The number of rotatable bonds is 2. The smallest absolute Gasteiger partial charge is 0.266 e. The number of hydrogen-bond acceptors (Lipinski definition) is 2. The first-order valence-electron chi connectivity index (χ1n) is 3.35. The van der Waals surface area contributed by atoms with Crippen LogP contribution in [0.2, 0.25) is 0 Å². The summed E-state index contributed by atoms with van der Waals surface area (Å²) in [5, 5.41) is 0.0591. The topological polar surface area (TPSA) is 38.9 Å². The molecule has 0 fully saturated rings. The van der Waals surface area contributed by atoms with Gasteiger partial charge in [-0.05, 0) is 6.07 Å². The molecule has 0 atom stereocenters. The Morgan fingerprint density at radius 1 is 1.54 bits per heavy atom. The molecule has 72 valence electrons. The molecule has 0 spiro atoms. The van der Waals surface area contributed by atoms with Crippen molar-refractivity contribution in [3.8, 4) is 0 Å². The van der Waals surface area contributed by atoms with E-state index < -0.39 is 17.8 Å². The molecule has 0 aromatic carbocycles. The van der Waals surface area contributed by atoms with E-state index in [1.165, 1.54) is 0 Å². The fraction of sp³-hybridized carbons (Fsp3) is 0.286. The second kappa shape index (κ2) is 3.95. The summed E-state index contributed by atoms with van der Waals surface area (Å²) < 4.78 is 37.4. The molecule has 6 heteroatoms. The molecule has 2 nitrogen and oxygen atoms in total. The van der Waals surface area contributed by atoms with Gasteiger partial charge in [0.15, 0.2) is 5.82 Å². The minimum Gasteiger partial charge on any atom is -0.384 e. The maximum atomic E-state index is 13.1. The maximum Gasteiger partial charge on any atom is 0.266 e. The highest BCUT2D eigenvalue weighted by Gasteiger charge is 2.17. The van der Waals surface area contributed by atoms with Gasteiger partial charge in [-0.1, -0.05) is 15.9 Å². The summed E-state index contributed by atoms with van der Waals surface area (Å²) in [6.07, 6.45) is -2.87. The fourth-order valence-corrected chi connectivity index (χ4v) is 1.25. The predicted molar refractivity (Wildman–Crippen MR) is 46.2 cm³/mol. The van der Waals surface area contributed by atoms with Crippen LogP contribution in [-0.4, -0.2) is 4.98 Å². The number of nitrogens with two attached hydrogens (primary N) is 1. The Morgan fingerprint density at radius 2 is 2.15 bits per heavy atom. The first-order chi connectivity index (χ1) is 6.06. The van der Waals surface area contributed by atoms with Crippen LogP contribution in [0, 0.1) is 5.82 Å². The van der Waals surface area contributed by atoms with Crippen molar-refractivity contribution >= 4 is 21.7 Å². The van der Waals surface area contributed by atoms with E-state index in [4.69, 9.17) is 5.73 Å². The van der Waals surface area contributed by atoms with Crippen LogP contribution < -0.4 is 5.73 Å². The largest absolute Gasteiger partial charge is 0.384 e. The number of hydrogen-bond donors (Lipinski definition) is 1. The van der Waals surface area contributed by atoms with E-state index in [1.807, 2.05) is 0 Å². The minimum absolute atomic E-state index is 0.0591. The van der Waals surface area contributed by atoms with E-state index in [2.05, 4.69) is 20.9 Å². The van der Waals surface area contributed by atoms with Crippen LogP contribution >= 0.6 is 15.9 Å². The molecule has 0 bridgehead atoms. The quantitative estimate of drug-likeness (QED) is 0.825. The van der Waals surface area contributed by atoms with E-state index in [-0.39, 0.29) is 16.8 Å². The normalized spacial score (nSPS) is 10.8. The fourth-order valence-electron chi connectivity index (χ4n) is 0.874. The van der Waals surface area contributed by atoms with Gasteiger partial charge in [-0.15, -0.1) is 0 Å². The Labute approximate surface area is 81.1 Å². The molecule has 0 saturated heterocycles. The number of alkyl halides is 3. The molecule has 0 aliphatic rings. The Kier molecular flexibility index (Phi) is 3.13. The molecule has 0 saturated carbocycles. The SMILES string of the molecule is Nc1cc(C(F)F)c(F)c(CBr)n1. The number of nitrogens with zero attached hydrogens (tertiary/aromatic N) is 1. The number of pyridine rings is 1. The van der Waals surface area contributed by atoms with Gasteiger partial charge in [0.1, 0.15) is 5.82 Å². The number of nitrogen functional groups attached to an aromatic ring is 1. The van der Waals surface area contributed by atoms with Gasteiger partial charge in [-0.3, -0.25) is 0 Å². The zero-order chi connectivity index (χ0) is 10.0. The Hall–Kier alpha value is -0.780. The third-order valence-electron chi connectivity index (χ3n) is 1.44. The molecular weight excluding hydrogens is 249 g/mol. The zero-order valence-corrected chi connectivity index (χ0v) is 7.98. The van der Waals surface area contributed by atoms with Crippen molar-refractivity contribution in [1.29, 1.82) is 0 Å². The molecule has 1 aromatic rings. The highest BCUT2D eigenvalue weighted by atomic mass is 79.9. The van der Waals surface area contributed by atoms with Gasteiger partial charge >= 0.3 is 0 Å². The summed E-state index contributed by atoms with van der Waals surface area (Å²) in [6.45, 7) is 0. The van der Waals surface area contributed by atoms with Crippen LogP contribution in [0.5, 0.6) is 0 Å². The highest BCUT2D eigenvalue weighted by Crippen LogP contribution is 2.25.